The van der Waals surface area contributed by atoms with Crippen molar-refractivity contribution in [3.05, 3.63) is 0 Å². The topological polar surface area (TPSA) is 21.8 Å². The highest BCUT2D eigenvalue weighted by Gasteiger charge is 2.39. The summed E-state index contributed by atoms with van der Waals surface area (Å²) in [6, 6.07) is 0. The van der Waals surface area contributed by atoms with Gasteiger partial charge in [-0.15, -0.1) is 0 Å². The number of likely N-dealkylation sites (N-methyl/N-ethyl adjacent to an activating group) is 2. The van der Waals surface area contributed by atoms with Crippen molar-refractivity contribution in [3.8, 4) is 0 Å². The fourth-order valence-electron chi connectivity index (χ4n) is 2.83. The maximum atomic E-state index is 3.54. The molecule has 0 saturated heterocycles. The zero-order valence-corrected chi connectivity index (χ0v) is 13.7. The summed E-state index contributed by atoms with van der Waals surface area (Å²) in [5, 5.41) is 3.54. The fourth-order valence-corrected chi connectivity index (χ4v) is 2.83. The molecule has 4 heteroatoms. The predicted molar refractivity (Wildman–Crippen MR) is 83.8 cm³/mol. The second-order valence-electron chi connectivity index (χ2n) is 6.62. The molecular weight excluding hydrogens is 236 g/mol. The third-order valence-electron chi connectivity index (χ3n) is 4.43. The molecule has 0 bridgehead atoms. The van der Waals surface area contributed by atoms with Crippen molar-refractivity contribution in [2.45, 2.75) is 31.2 Å². The predicted octanol–water partition coefficient (Wildman–Crippen LogP) is 0.944. The molecule has 0 heterocycles. The van der Waals surface area contributed by atoms with Gasteiger partial charge in [-0.05, 0) is 74.0 Å². The Balaban J connectivity index is 2.06. The Kier molecular flexibility index (Phi) is 7.29. The maximum Gasteiger partial charge on any atom is 0.0330 e. The molecule has 0 amide bonds. The summed E-state index contributed by atoms with van der Waals surface area (Å²) in [5.41, 5.74) is 0.458. The molecule has 1 rings (SSSR count). The maximum absolute atomic E-state index is 3.54. The molecule has 4 nitrogen and oxygen atoms in total. The Bertz CT molecular complexity index is 236. The number of rotatable bonds is 10. The van der Waals surface area contributed by atoms with E-state index in [1.165, 1.54) is 38.8 Å². The molecule has 0 spiro atoms. The van der Waals surface area contributed by atoms with Crippen LogP contribution in [0.3, 0.4) is 0 Å². The fraction of sp³-hybridized carbons (Fsp3) is 1.00. The second-order valence-corrected chi connectivity index (χ2v) is 6.62. The van der Waals surface area contributed by atoms with E-state index in [9.17, 15) is 0 Å². The summed E-state index contributed by atoms with van der Waals surface area (Å²) in [6.07, 6.45) is 5.36. The third kappa shape index (κ3) is 5.78. The van der Waals surface area contributed by atoms with Gasteiger partial charge in [0.25, 0.3) is 0 Å². The lowest BCUT2D eigenvalue weighted by Crippen LogP contribution is -2.57. The molecular formula is C15H34N4. The van der Waals surface area contributed by atoms with E-state index in [1.54, 1.807) is 0 Å². The van der Waals surface area contributed by atoms with Crippen molar-refractivity contribution >= 4 is 0 Å². The SMILES string of the molecule is CN(C)CCCNCCN(C)CC1(N(C)C)CCC1. The van der Waals surface area contributed by atoms with E-state index < -0.39 is 0 Å². The molecule has 19 heavy (non-hydrogen) atoms. The standard InChI is InChI=1S/C15H34N4/c1-17(2)12-7-10-16-11-13-19(5)14-15(18(3)4)8-6-9-15/h16H,6-14H2,1-5H3. The van der Waals surface area contributed by atoms with Crippen molar-refractivity contribution < 1.29 is 0 Å². The summed E-state index contributed by atoms with van der Waals surface area (Å²) in [7, 11) is 11.0. The van der Waals surface area contributed by atoms with Crippen LogP contribution >= 0.6 is 0 Å². The van der Waals surface area contributed by atoms with E-state index in [-0.39, 0.29) is 0 Å². The normalized spacial score (nSPS) is 18.3. The Morgan fingerprint density at radius 1 is 0.947 bits per heavy atom. The molecule has 1 aliphatic carbocycles. The minimum absolute atomic E-state index is 0.458. The van der Waals surface area contributed by atoms with Crippen LogP contribution in [0.15, 0.2) is 0 Å². The number of nitrogens with one attached hydrogen (secondary N) is 1. The van der Waals surface area contributed by atoms with E-state index in [4.69, 9.17) is 0 Å². The van der Waals surface area contributed by atoms with Crippen LogP contribution in [0, 0.1) is 0 Å². The molecule has 0 aromatic rings. The Hall–Kier alpha value is -0.160. The molecule has 0 unspecified atom stereocenters. The molecule has 0 radical (unpaired) electrons. The first-order chi connectivity index (χ1) is 8.96. The number of hydrogen-bond donors (Lipinski definition) is 1. The monoisotopic (exact) mass is 270 g/mol. The van der Waals surface area contributed by atoms with E-state index in [0.29, 0.717) is 5.54 Å². The largest absolute Gasteiger partial charge is 0.315 e. The van der Waals surface area contributed by atoms with Crippen LogP contribution in [-0.4, -0.2) is 88.2 Å². The summed E-state index contributed by atoms with van der Waals surface area (Å²) >= 11 is 0. The summed E-state index contributed by atoms with van der Waals surface area (Å²) in [5.74, 6) is 0. The van der Waals surface area contributed by atoms with Crippen molar-refractivity contribution in [1.82, 2.24) is 20.0 Å². The number of hydrogen-bond acceptors (Lipinski definition) is 4. The summed E-state index contributed by atoms with van der Waals surface area (Å²) in [4.78, 5) is 7.15. The second kappa shape index (κ2) is 8.20. The molecule has 1 N–H and O–H groups in total. The van der Waals surface area contributed by atoms with Crippen molar-refractivity contribution in [3.63, 3.8) is 0 Å². The molecule has 1 saturated carbocycles. The van der Waals surface area contributed by atoms with Crippen LogP contribution in [0.2, 0.25) is 0 Å². The van der Waals surface area contributed by atoms with Crippen molar-refractivity contribution in [2.75, 3.05) is 68.0 Å². The minimum atomic E-state index is 0.458. The highest BCUT2D eigenvalue weighted by atomic mass is 15.2. The smallest absolute Gasteiger partial charge is 0.0330 e. The van der Waals surface area contributed by atoms with Crippen LogP contribution in [0.5, 0.6) is 0 Å². The van der Waals surface area contributed by atoms with E-state index in [1.807, 2.05) is 0 Å². The first-order valence-electron chi connectivity index (χ1n) is 7.68. The molecule has 1 fully saturated rings. The minimum Gasteiger partial charge on any atom is -0.315 e. The molecule has 0 atom stereocenters. The van der Waals surface area contributed by atoms with Gasteiger partial charge in [0, 0.05) is 25.2 Å². The molecule has 0 aromatic carbocycles. The first-order valence-corrected chi connectivity index (χ1v) is 7.68. The van der Waals surface area contributed by atoms with Crippen LogP contribution in [-0.2, 0) is 0 Å². The Morgan fingerprint density at radius 2 is 1.63 bits per heavy atom. The van der Waals surface area contributed by atoms with Gasteiger partial charge in [-0.25, -0.2) is 0 Å². The first kappa shape index (κ1) is 16.9. The van der Waals surface area contributed by atoms with Gasteiger partial charge in [0.15, 0.2) is 0 Å². The lowest BCUT2D eigenvalue weighted by atomic mass is 9.75. The van der Waals surface area contributed by atoms with Gasteiger partial charge in [0.1, 0.15) is 0 Å². The average molecular weight is 270 g/mol. The Labute approximate surface area is 120 Å². The van der Waals surface area contributed by atoms with E-state index >= 15 is 0 Å². The molecule has 114 valence electrons. The lowest BCUT2D eigenvalue weighted by Gasteiger charge is -2.49. The molecule has 0 aliphatic heterocycles. The quantitative estimate of drug-likeness (QED) is 0.597. The van der Waals surface area contributed by atoms with Crippen molar-refractivity contribution in [2.24, 2.45) is 0 Å². The zero-order chi connectivity index (χ0) is 14.3. The molecule has 0 aromatic heterocycles. The van der Waals surface area contributed by atoms with E-state index in [0.717, 1.165) is 19.6 Å². The summed E-state index contributed by atoms with van der Waals surface area (Å²) < 4.78 is 0. The summed E-state index contributed by atoms with van der Waals surface area (Å²) in [6.45, 7) is 5.77. The van der Waals surface area contributed by atoms with Crippen LogP contribution in [0.25, 0.3) is 0 Å². The van der Waals surface area contributed by atoms with Crippen LogP contribution < -0.4 is 5.32 Å². The van der Waals surface area contributed by atoms with Gasteiger partial charge < -0.3 is 20.0 Å². The Morgan fingerprint density at radius 3 is 2.11 bits per heavy atom. The van der Waals surface area contributed by atoms with Gasteiger partial charge in [0.05, 0.1) is 0 Å². The van der Waals surface area contributed by atoms with Gasteiger partial charge in [-0.3, -0.25) is 0 Å². The highest BCUT2D eigenvalue weighted by Crippen LogP contribution is 2.36. The van der Waals surface area contributed by atoms with E-state index in [2.05, 4.69) is 55.3 Å². The van der Waals surface area contributed by atoms with Crippen molar-refractivity contribution in [1.29, 1.82) is 0 Å². The molecule has 1 aliphatic rings. The zero-order valence-electron chi connectivity index (χ0n) is 13.7. The van der Waals surface area contributed by atoms with Gasteiger partial charge in [-0.1, -0.05) is 0 Å². The average Bonchev–Trinajstić information content (AvgIpc) is 2.27. The van der Waals surface area contributed by atoms with Crippen LogP contribution in [0.4, 0.5) is 0 Å². The number of nitrogens with zero attached hydrogens (tertiary/aromatic N) is 3. The van der Waals surface area contributed by atoms with Gasteiger partial charge in [0.2, 0.25) is 0 Å². The van der Waals surface area contributed by atoms with Gasteiger partial charge in [-0.2, -0.15) is 0 Å². The third-order valence-corrected chi connectivity index (χ3v) is 4.43. The van der Waals surface area contributed by atoms with Crippen LogP contribution in [0.1, 0.15) is 25.7 Å². The van der Waals surface area contributed by atoms with Gasteiger partial charge >= 0.3 is 0 Å². The highest BCUT2D eigenvalue weighted by molar-refractivity contribution is 4.97. The lowest BCUT2D eigenvalue weighted by molar-refractivity contribution is 0.0282.